The summed E-state index contributed by atoms with van der Waals surface area (Å²) < 4.78 is 15.1. The number of amides is 3. The molecule has 2 N–H and O–H groups in total. The number of nitrogens with one attached hydrogen (secondary N) is 2. The molecule has 0 bridgehead atoms. The monoisotopic (exact) mass is 366 g/mol. The summed E-state index contributed by atoms with van der Waals surface area (Å²) in [6.45, 7) is 2.06. The highest BCUT2D eigenvalue weighted by Crippen LogP contribution is 2.54. The Bertz CT molecular complexity index is 1010. The van der Waals surface area contributed by atoms with Crippen LogP contribution < -0.4 is 10.6 Å². The number of urea groups is 1. The van der Waals surface area contributed by atoms with Crippen molar-refractivity contribution in [1.82, 2.24) is 20.4 Å². The lowest BCUT2D eigenvalue weighted by molar-refractivity contribution is -0.128. The predicted octanol–water partition coefficient (Wildman–Crippen LogP) is 2.72. The van der Waals surface area contributed by atoms with E-state index in [1.165, 1.54) is 12.1 Å². The maximum Gasteiger partial charge on any atom is 0.322 e. The first-order valence-corrected chi connectivity index (χ1v) is 9.10. The van der Waals surface area contributed by atoms with Gasteiger partial charge in [0.05, 0.1) is 17.6 Å². The number of nitrogens with zero attached hydrogens (tertiary/aromatic N) is 2. The second-order valence-corrected chi connectivity index (χ2v) is 7.79. The molecule has 0 unspecified atom stereocenters. The van der Waals surface area contributed by atoms with Gasteiger partial charge in [-0.15, -0.1) is 0 Å². The summed E-state index contributed by atoms with van der Waals surface area (Å²) in [5.41, 5.74) is 2.49. The van der Waals surface area contributed by atoms with Crippen LogP contribution in [0.25, 0.3) is 11.8 Å². The molecule has 2 fully saturated rings. The summed E-state index contributed by atoms with van der Waals surface area (Å²) in [6, 6.07) is 5.80. The highest BCUT2D eigenvalue weighted by atomic mass is 19.1. The Labute approximate surface area is 155 Å². The van der Waals surface area contributed by atoms with Gasteiger partial charge in [0.2, 0.25) is 0 Å². The van der Waals surface area contributed by atoms with Crippen molar-refractivity contribution in [1.29, 1.82) is 0 Å². The number of hydrogen-bond acceptors (Lipinski definition) is 3. The van der Waals surface area contributed by atoms with Crippen LogP contribution in [0.3, 0.4) is 0 Å². The van der Waals surface area contributed by atoms with Gasteiger partial charge < -0.3 is 5.32 Å². The predicted molar refractivity (Wildman–Crippen MR) is 96.6 cm³/mol. The van der Waals surface area contributed by atoms with Gasteiger partial charge in [-0.2, -0.15) is 5.10 Å². The van der Waals surface area contributed by atoms with Crippen LogP contribution >= 0.6 is 0 Å². The van der Waals surface area contributed by atoms with Crippen molar-refractivity contribution in [2.24, 2.45) is 5.41 Å². The molecule has 3 amide bonds. The summed E-state index contributed by atoms with van der Waals surface area (Å²) in [5.74, 6) is -0.530. The lowest BCUT2D eigenvalue weighted by Crippen LogP contribution is -2.62. The van der Waals surface area contributed by atoms with Crippen LogP contribution in [0.4, 0.5) is 9.18 Å². The van der Waals surface area contributed by atoms with Gasteiger partial charge >= 0.3 is 6.03 Å². The van der Waals surface area contributed by atoms with E-state index in [1.807, 2.05) is 0 Å². The fourth-order valence-corrected chi connectivity index (χ4v) is 4.94. The molecule has 1 saturated carbocycles. The van der Waals surface area contributed by atoms with Gasteiger partial charge in [-0.05, 0) is 61.6 Å². The standard InChI is InChI=1S/C20H19FN4O2/c1-19-10-12-11-22-25(15-6-4-14(21)5-7-15)16(12)9-13(19)3-2-8-20(19)17(26)23-18(27)24-20/h4-7,9,11H,2-3,8,10H2,1H3,(H2,23,24,26,27)/t19-,20+/m0/s1. The van der Waals surface area contributed by atoms with Gasteiger partial charge in [-0.25, -0.2) is 13.9 Å². The minimum atomic E-state index is -0.913. The van der Waals surface area contributed by atoms with E-state index in [0.717, 1.165) is 35.4 Å². The van der Waals surface area contributed by atoms with Gasteiger partial charge in [-0.1, -0.05) is 12.5 Å². The first-order chi connectivity index (χ1) is 12.9. The Morgan fingerprint density at radius 3 is 2.70 bits per heavy atom. The van der Waals surface area contributed by atoms with Crippen molar-refractivity contribution >= 4 is 18.0 Å². The smallest absolute Gasteiger partial charge is 0.322 e. The third kappa shape index (κ3) is 2.08. The van der Waals surface area contributed by atoms with Crippen molar-refractivity contribution in [3.8, 4) is 5.69 Å². The summed E-state index contributed by atoms with van der Waals surface area (Å²) >= 11 is 0. The van der Waals surface area contributed by atoms with Gasteiger partial charge in [0, 0.05) is 5.41 Å². The first kappa shape index (κ1) is 16.2. The first-order valence-electron chi connectivity index (χ1n) is 9.10. The fourth-order valence-electron chi connectivity index (χ4n) is 4.94. The third-order valence-corrected chi connectivity index (χ3v) is 6.40. The summed E-state index contributed by atoms with van der Waals surface area (Å²) in [7, 11) is 0. The number of hydrogen-bond donors (Lipinski definition) is 2. The minimum Gasteiger partial charge on any atom is -0.322 e. The van der Waals surface area contributed by atoms with E-state index >= 15 is 0 Å². The molecule has 1 aliphatic heterocycles. The molecule has 2 atom stereocenters. The summed E-state index contributed by atoms with van der Waals surface area (Å²) in [6.07, 6.45) is 6.83. The zero-order valence-corrected chi connectivity index (χ0v) is 14.9. The van der Waals surface area contributed by atoms with Crippen LogP contribution in [0.15, 0.2) is 36.0 Å². The van der Waals surface area contributed by atoms with E-state index in [0.29, 0.717) is 12.8 Å². The van der Waals surface area contributed by atoms with Crippen LogP contribution in [0, 0.1) is 11.2 Å². The molecule has 2 aliphatic carbocycles. The van der Waals surface area contributed by atoms with E-state index in [-0.39, 0.29) is 11.7 Å². The second kappa shape index (κ2) is 5.28. The molecule has 1 aromatic carbocycles. The number of carbonyl (C=O) groups is 2. The minimum absolute atomic E-state index is 0.241. The van der Waals surface area contributed by atoms with E-state index in [1.54, 1.807) is 23.0 Å². The molecule has 3 aliphatic rings. The second-order valence-electron chi connectivity index (χ2n) is 7.79. The largest absolute Gasteiger partial charge is 0.322 e. The maximum absolute atomic E-state index is 13.3. The van der Waals surface area contributed by atoms with Gasteiger partial charge in [-0.3, -0.25) is 10.1 Å². The van der Waals surface area contributed by atoms with Crippen molar-refractivity contribution in [2.45, 2.75) is 38.1 Å². The fraction of sp³-hybridized carbons (Fsp3) is 0.350. The molecule has 7 heteroatoms. The lowest BCUT2D eigenvalue weighted by Gasteiger charge is -2.50. The average Bonchev–Trinajstić information content (AvgIpc) is 3.16. The number of halogens is 1. The number of fused-ring (bicyclic) bond motifs is 3. The number of rotatable bonds is 1. The van der Waals surface area contributed by atoms with E-state index in [9.17, 15) is 14.0 Å². The van der Waals surface area contributed by atoms with Crippen LogP contribution in [0.5, 0.6) is 0 Å². The van der Waals surface area contributed by atoms with E-state index < -0.39 is 17.0 Å². The van der Waals surface area contributed by atoms with Gasteiger partial charge in [0.1, 0.15) is 11.4 Å². The molecule has 2 heterocycles. The molecule has 6 nitrogen and oxygen atoms in total. The highest BCUT2D eigenvalue weighted by Gasteiger charge is 2.61. The van der Waals surface area contributed by atoms with Crippen molar-refractivity contribution in [2.75, 3.05) is 0 Å². The SMILES string of the molecule is C[C@]12Cc3cnn(-c4ccc(F)cc4)c3C=C1CCC[C@]21NC(=O)NC1=O. The molecular weight excluding hydrogens is 347 g/mol. The number of aromatic nitrogens is 2. The third-order valence-electron chi connectivity index (χ3n) is 6.40. The molecule has 1 spiro atoms. The van der Waals surface area contributed by atoms with Crippen molar-refractivity contribution in [3.63, 3.8) is 0 Å². The Hall–Kier alpha value is -2.96. The van der Waals surface area contributed by atoms with Crippen LogP contribution in [0.2, 0.25) is 0 Å². The Morgan fingerprint density at radius 1 is 1.22 bits per heavy atom. The van der Waals surface area contributed by atoms with E-state index in [4.69, 9.17) is 0 Å². The maximum atomic E-state index is 13.3. The molecule has 138 valence electrons. The Kier molecular flexibility index (Phi) is 3.17. The normalized spacial score (nSPS) is 29.0. The van der Waals surface area contributed by atoms with Crippen molar-refractivity contribution < 1.29 is 14.0 Å². The summed E-state index contributed by atoms with van der Waals surface area (Å²) in [5, 5.41) is 9.85. The number of carbonyl (C=O) groups excluding carboxylic acids is 2. The quantitative estimate of drug-likeness (QED) is 0.762. The Balaban J connectivity index is 1.62. The molecule has 1 aromatic heterocycles. The van der Waals surface area contributed by atoms with Gasteiger partial charge in [0.25, 0.3) is 5.91 Å². The average molecular weight is 366 g/mol. The molecule has 0 radical (unpaired) electrons. The molecule has 1 saturated heterocycles. The molecule has 27 heavy (non-hydrogen) atoms. The van der Waals surface area contributed by atoms with Crippen LogP contribution in [-0.4, -0.2) is 27.3 Å². The molecule has 5 rings (SSSR count). The van der Waals surface area contributed by atoms with Crippen molar-refractivity contribution in [3.05, 3.63) is 53.1 Å². The molecular formula is C20H19FN4O2. The Morgan fingerprint density at radius 2 is 2.00 bits per heavy atom. The highest BCUT2D eigenvalue weighted by molar-refractivity contribution is 6.08. The topological polar surface area (TPSA) is 76.0 Å². The summed E-state index contributed by atoms with van der Waals surface area (Å²) in [4.78, 5) is 24.6. The number of imide groups is 1. The van der Waals surface area contributed by atoms with E-state index in [2.05, 4.69) is 28.7 Å². The van der Waals surface area contributed by atoms with Gasteiger partial charge in [0.15, 0.2) is 0 Å². The van der Waals surface area contributed by atoms with Crippen LogP contribution in [-0.2, 0) is 11.2 Å². The zero-order valence-electron chi connectivity index (χ0n) is 14.9. The number of benzene rings is 1. The zero-order chi connectivity index (χ0) is 18.8. The lowest BCUT2D eigenvalue weighted by atomic mass is 9.55. The van der Waals surface area contributed by atoms with Crippen LogP contribution in [0.1, 0.15) is 37.4 Å². The molecule has 2 aromatic rings.